The number of hydrogen-bond acceptors (Lipinski definition) is 4. The number of aryl methyl sites for hydroxylation is 1. The minimum Gasteiger partial charge on any atom is -0.399 e. The summed E-state index contributed by atoms with van der Waals surface area (Å²) in [5, 5.41) is 10.7. The molecule has 0 atom stereocenters. The fraction of sp³-hybridized carbons (Fsp3) is 0.143. The molecule has 2 rings (SSSR count). The Kier molecular flexibility index (Phi) is 4.67. The lowest BCUT2D eigenvalue weighted by Crippen LogP contribution is -1.91. The van der Waals surface area contributed by atoms with Crippen LogP contribution in [-0.4, -0.2) is 4.92 Å². The quantitative estimate of drug-likeness (QED) is 0.379. The van der Waals surface area contributed by atoms with Gasteiger partial charge in [0.15, 0.2) is 0 Å². The number of nitrogen functional groups attached to an aromatic ring is 1. The molecule has 0 bridgehead atoms. The van der Waals surface area contributed by atoms with Crippen molar-refractivity contribution in [3.63, 3.8) is 0 Å². The summed E-state index contributed by atoms with van der Waals surface area (Å²) in [6.07, 6.45) is 0. The summed E-state index contributed by atoms with van der Waals surface area (Å²) in [6, 6.07) is 10.6. The van der Waals surface area contributed by atoms with Crippen LogP contribution in [0.1, 0.15) is 11.1 Å². The Morgan fingerprint density at radius 3 is 2.70 bits per heavy atom. The maximum atomic E-state index is 10.7. The molecule has 104 valence electrons. The summed E-state index contributed by atoms with van der Waals surface area (Å²) < 4.78 is 0.751. The summed E-state index contributed by atoms with van der Waals surface area (Å²) >= 11 is 5.04. The highest BCUT2D eigenvalue weighted by Gasteiger charge is 2.10. The zero-order valence-electron chi connectivity index (χ0n) is 10.8. The second kappa shape index (κ2) is 6.28. The van der Waals surface area contributed by atoms with Gasteiger partial charge in [-0.3, -0.25) is 10.1 Å². The molecular weight excluding hydrogens is 340 g/mol. The van der Waals surface area contributed by atoms with Gasteiger partial charge in [-0.1, -0.05) is 28.1 Å². The van der Waals surface area contributed by atoms with Crippen molar-refractivity contribution in [2.45, 2.75) is 17.6 Å². The van der Waals surface area contributed by atoms with Gasteiger partial charge in [-0.2, -0.15) is 0 Å². The van der Waals surface area contributed by atoms with Crippen LogP contribution in [0.4, 0.5) is 11.4 Å². The van der Waals surface area contributed by atoms with E-state index in [1.54, 1.807) is 17.8 Å². The lowest BCUT2D eigenvalue weighted by Gasteiger charge is -2.08. The molecule has 0 heterocycles. The highest BCUT2D eigenvalue weighted by molar-refractivity contribution is 9.10. The lowest BCUT2D eigenvalue weighted by atomic mass is 10.2. The van der Waals surface area contributed by atoms with Crippen molar-refractivity contribution < 1.29 is 4.92 Å². The SMILES string of the molecule is Cc1ccc(N)cc1SCc1ccc([N+](=O)[O-])cc1Br. The van der Waals surface area contributed by atoms with Crippen LogP contribution in [-0.2, 0) is 5.75 Å². The molecule has 0 aliphatic rings. The van der Waals surface area contributed by atoms with E-state index in [9.17, 15) is 10.1 Å². The Labute approximate surface area is 129 Å². The van der Waals surface area contributed by atoms with Crippen molar-refractivity contribution in [3.05, 3.63) is 62.1 Å². The van der Waals surface area contributed by atoms with Gasteiger partial charge in [0, 0.05) is 32.9 Å². The predicted molar refractivity (Wildman–Crippen MR) is 85.9 cm³/mol. The van der Waals surface area contributed by atoms with E-state index in [0.717, 1.165) is 26.4 Å². The van der Waals surface area contributed by atoms with Gasteiger partial charge >= 0.3 is 0 Å². The summed E-state index contributed by atoms with van der Waals surface area (Å²) in [4.78, 5) is 11.4. The van der Waals surface area contributed by atoms with Gasteiger partial charge in [-0.15, -0.1) is 11.8 Å². The first-order valence-corrected chi connectivity index (χ1v) is 7.67. The van der Waals surface area contributed by atoms with Gasteiger partial charge in [0.25, 0.3) is 5.69 Å². The summed E-state index contributed by atoms with van der Waals surface area (Å²) in [5.74, 6) is 0.725. The Morgan fingerprint density at radius 2 is 2.05 bits per heavy atom. The van der Waals surface area contributed by atoms with E-state index in [1.807, 2.05) is 25.1 Å². The third kappa shape index (κ3) is 3.52. The van der Waals surface area contributed by atoms with Crippen LogP contribution in [0, 0.1) is 17.0 Å². The second-order valence-corrected chi connectivity index (χ2v) is 6.22. The number of anilines is 1. The fourth-order valence-electron chi connectivity index (χ4n) is 1.69. The van der Waals surface area contributed by atoms with Gasteiger partial charge in [-0.25, -0.2) is 0 Å². The van der Waals surface area contributed by atoms with Crippen LogP contribution < -0.4 is 5.73 Å². The van der Waals surface area contributed by atoms with E-state index >= 15 is 0 Å². The third-order valence-electron chi connectivity index (χ3n) is 2.84. The van der Waals surface area contributed by atoms with Crippen LogP contribution in [0.15, 0.2) is 45.8 Å². The van der Waals surface area contributed by atoms with Crippen LogP contribution in [0.25, 0.3) is 0 Å². The number of benzene rings is 2. The van der Waals surface area contributed by atoms with Crippen LogP contribution in [0.2, 0.25) is 0 Å². The van der Waals surface area contributed by atoms with E-state index < -0.39 is 4.92 Å². The second-order valence-electron chi connectivity index (χ2n) is 4.35. The zero-order valence-corrected chi connectivity index (χ0v) is 13.2. The number of nitro benzene ring substituents is 1. The van der Waals surface area contributed by atoms with Crippen molar-refractivity contribution in [2.75, 3.05) is 5.73 Å². The number of non-ortho nitro benzene ring substituents is 1. The maximum Gasteiger partial charge on any atom is 0.270 e. The zero-order chi connectivity index (χ0) is 14.7. The van der Waals surface area contributed by atoms with Gasteiger partial charge in [0.05, 0.1) is 4.92 Å². The molecule has 2 aromatic rings. The molecule has 0 amide bonds. The minimum atomic E-state index is -0.399. The number of rotatable bonds is 4. The van der Waals surface area contributed by atoms with E-state index in [1.165, 1.54) is 17.7 Å². The molecule has 4 nitrogen and oxygen atoms in total. The largest absolute Gasteiger partial charge is 0.399 e. The molecule has 20 heavy (non-hydrogen) atoms. The molecule has 0 radical (unpaired) electrons. The summed E-state index contributed by atoms with van der Waals surface area (Å²) in [7, 11) is 0. The molecule has 2 N–H and O–H groups in total. The third-order valence-corrected chi connectivity index (χ3v) is 4.79. The monoisotopic (exact) mass is 352 g/mol. The van der Waals surface area contributed by atoms with Gasteiger partial charge < -0.3 is 5.73 Å². The van der Waals surface area contributed by atoms with E-state index in [0.29, 0.717) is 0 Å². The number of thioether (sulfide) groups is 1. The molecule has 0 saturated carbocycles. The number of nitrogens with zero attached hydrogens (tertiary/aromatic N) is 1. The predicted octanol–water partition coefficient (Wildman–Crippen LogP) is 4.54. The minimum absolute atomic E-state index is 0.0887. The number of hydrogen-bond donors (Lipinski definition) is 1. The highest BCUT2D eigenvalue weighted by Crippen LogP contribution is 2.31. The highest BCUT2D eigenvalue weighted by atomic mass is 79.9. The van der Waals surface area contributed by atoms with Gasteiger partial charge in [-0.05, 0) is 30.2 Å². The molecular formula is C14H13BrN2O2S. The normalized spacial score (nSPS) is 10.5. The average molecular weight is 353 g/mol. The van der Waals surface area contributed by atoms with Crippen molar-refractivity contribution in [2.24, 2.45) is 0 Å². The number of nitrogens with two attached hydrogens (primary N) is 1. The number of halogens is 1. The van der Waals surface area contributed by atoms with Crippen LogP contribution >= 0.6 is 27.7 Å². The first kappa shape index (κ1) is 14.9. The Bertz CT molecular complexity index is 662. The van der Waals surface area contributed by atoms with Crippen molar-refractivity contribution >= 4 is 39.1 Å². The van der Waals surface area contributed by atoms with Crippen LogP contribution in [0.5, 0.6) is 0 Å². The first-order chi connectivity index (χ1) is 9.47. The maximum absolute atomic E-state index is 10.7. The van der Waals surface area contributed by atoms with E-state index in [-0.39, 0.29) is 5.69 Å². The fourth-order valence-corrected chi connectivity index (χ4v) is 3.46. The van der Waals surface area contributed by atoms with Crippen molar-refractivity contribution in [3.8, 4) is 0 Å². The van der Waals surface area contributed by atoms with Crippen LogP contribution in [0.3, 0.4) is 0 Å². The molecule has 2 aromatic carbocycles. The summed E-state index contributed by atoms with van der Waals surface area (Å²) in [6.45, 7) is 2.03. The first-order valence-electron chi connectivity index (χ1n) is 5.89. The standard InChI is InChI=1S/C14H13BrN2O2S/c1-9-2-4-11(16)6-14(9)20-8-10-3-5-12(17(18)19)7-13(10)15/h2-7H,8,16H2,1H3. The molecule has 0 fully saturated rings. The lowest BCUT2D eigenvalue weighted by molar-refractivity contribution is -0.384. The Balaban J connectivity index is 2.15. The molecule has 0 aromatic heterocycles. The molecule has 0 saturated heterocycles. The summed E-state index contributed by atoms with van der Waals surface area (Å²) in [5.41, 5.74) is 8.79. The number of nitro groups is 1. The average Bonchev–Trinajstić information content (AvgIpc) is 2.40. The molecule has 0 spiro atoms. The molecule has 0 aliphatic carbocycles. The van der Waals surface area contributed by atoms with Gasteiger partial charge in [0.1, 0.15) is 0 Å². The van der Waals surface area contributed by atoms with Gasteiger partial charge in [0.2, 0.25) is 0 Å². The van der Waals surface area contributed by atoms with Crippen molar-refractivity contribution in [1.82, 2.24) is 0 Å². The topological polar surface area (TPSA) is 69.2 Å². The smallest absolute Gasteiger partial charge is 0.270 e. The Hall–Kier alpha value is -1.53. The molecule has 0 unspecified atom stereocenters. The van der Waals surface area contributed by atoms with E-state index in [4.69, 9.17) is 5.73 Å². The molecule has 0 aliphatic heterocycles. The Morgan fingerprint density at radius 1 is 1.30 bits per heavy atom. The van der Waals surface area contributed by atoms with E-state index in [2.05, 4.69) is 15.9 Å². The molecule has 6 heteroatoms. The van der Waals surface area contributed by atoms with Crippen molar-refractivity contribution in [1.29, 1.82) is 0 Å².